The van der Waals surface area contributed by atoms with E-state index in [4.69, 9.17) is 0 Å². The summed E-state index contributed by atoms with van der Waals surface area (Å²) < 4.78 is 13.9. The topological polar surface area (TPSA) is 64.7 Å². The van der Waals surface area contributed by atoms with Gasteiger partial charge in [0.25, 0.3) is 0 Å². The van der Waals surface area contributed by atoms with Crippen molar-refractivity contribution in [2.24, 2.45) is 0 Å². The zero-order valence-corrected chi connectivity index (χ0v) is 15.2. The van der Waals surface area contributed by atoms with E-state index in [1.165, 1.54) is 6.07 Å². The molecule has 2 aromatic rings. The van der Waals surface area contributed by atoms with E-state index in [0.717, 1.165) is 6.42 Å². The molecule has 0 aliphatic carbocycles. The van der Waals surface area contributed by atoms with Crippen LogP contribution in [0.25, 0.3) is 0 Å². The van der Waals surface area contributed by atoms with Crippen LogP contribution in [-0.4, -0.2) is 36.6 Å². The molecule has 1 saturated heterocycles. The van der Waals surface area contributed by atoms with Crippen molar-refractivity contribution < 1.29 is 14.0 Å². The third-order valence-electron chi connectivity index (χ3n) is 4.38. The molecule has 1 heterocycles. The zero-order chi connectivity index (χ0) is 19.2. The Labute approximate surface area is 158 Å². The number of carbonyl (C=O) groups is 2. The molecule has 1 fully saturated rings. The molecule has 1 aliphatic rings. The van der Waals surface area contributed by atoms with Crippen molar-refractivity contribution in [3.8, 4) is 0 Å². The van der Waals surface area contributed by atoms with Crippen LogP contribution in [0.2, 0.25) is 0 Å². The van der Waals surface area contributed by atoms with Gasteiger partial charge in [0, 0.05) is 36.6 Å². The van der Waals surface area contributed by atoms with Crippen LogP contribution in [0.5, 0.6) is 0 Å². The van der Waals surface area contributed by atoms with Crippen molar-refractivity contribution >= 4 is 23.4 Å². The quantitative estimate of drug-likeness (QED) is 0.841. The molecule has 0 bridgehead atoms. The minimum atomic E-state index is -0.310. The molecule has 0 saturated carbocycles. The highest BCUT2D eigenvalue weighted by Crippen LogP contribution is 2.24. The third-order valence-corrected chi connectivity index (χ3v) is 4.38. The Bertz CT molecular complexity index is 827. The number of hydrogen-bond acceptors (Lipinski definition) is 2. The maximum atomic E-state index is 13.9. The summed E-state index contributed by atoms with van der Waals surface area (Å²) in [5.74, 6) is -0.310. The van der Waals surface area contributed by atoms with Gasteiger partial charge in [0.1, 0.15) is 5.82 Å². The summed E-state index contributed by atoms with van der Waals surface area (Å²) in [4.78, 5) is 27.9. The second-order valence-electron chi connectivity index (χ2n) is 6.34. The molecule has 0 aromatic heterocycles. The number of halogens is 1. The molecule has 0 spiro atoms. The number of rotatable bonds is 5. The van der Waals surface area contributed by atoms with E-state index in [1.54, 1.807) is 46.2 Å². The maximum Gasteiger partial charge on any atom is 0.324 e. The van der Waals surface area contributed by atoms with E-state index in [-0.39, 0.29) is 24.4 Å². The van der Waals surface area contributed by atoms with E-state index in [1.807, 2.05) is 13.0 Å². The van der Waals surface area contributed by atoms with Gasteiger partial charge in [0.2, 0.25) is 0 Å². The Balaban J connectivity index is 1.74. The van der Waals surface area contributed by atoms with Gasteiger partial charge >= 0.3 is 12.1 Å². The fourth-order valence-electron chi connectivity index (χ4n) is 3.09. The van der Waals surface area contributed by atoms with Crippen LogP contribution in [0, 0.1) is 5.82 Å². The lowest BCUT2D eigenvalue weighted by Crippen LogP contribution is -2.49. The van der Waals surface area contributed by atoms with Gasteiger partial charge in [-0.1, -0.05) is 24.3 Å². The molecule has 7 heteroatoms. The molecule has 0 unspecified atom stereocenters. The molecule has 6 nitrogen and oxygen atoms in total. The smallest absolute Gasteiger partial charge is 0.324 e. The van der Waals surface area contributed by atoms with Gasteiger partial charge in [-0.3, -0.25) is 4.90 Å². The number of hydrogen-bond donors (Lipinski definition) is 2. The first-order valence-electron chi connectivity index (χ1n) is 9.03. The normalized spacial score (nSPS) is 14.2. The second kappa shape index (κ2) is 8.53. The fraction of sp³-hybridized carbons (Fsp3) is 0.300. The van der Waals surface area contributed by atoms with Gasteiger partial charge in [-0.05, 0) is 37.6 Å². The van der Waals surface area contributed by atoms with Gasteiger partial charge in [0.15, 0.2) is 0 Å². The average Bonchev–Trinajstić information content (AvgIpc) is 2.65. The van der Waals surface area contributed by atoms with Crippen LogP contribution in [0.1, 0.15) is 18.9 Å². The lowest BCUT2D eigenvalue weighted by atomic mass is 10.1. The van der Waals surface area contributed by atoms with Crippen LogP contribution in [0.15, 0.2) is 48.5 Å². The minimum absolute atomic E-state index is 0.167. The first-order valence-corrected chi connectivity index (χ1v) is 9.03. The van der Waals surface area contributed by atoms with Crippen LogP contribution < -0.4 is 15.5 Å². The Morgan fingerprint density at radius 2 is 1.96 bits per heavy atom. The molecule has 27 heavy (non-hydrogen) atoms. The molecule has 3 rings (SSSR count). The van der Waals surface area contributed by atoms with Crippen molar-refractivity contribution in [2.75, 3.05) is 29.9 Å². The zero-order valence-electron chi connectivity index (χ0n) is 15.2. The van der Waals surface area contributed by atoms with E-state index in [0.29, 0.717) is 36.6 Å². The predicted octanol–water partition coefficient (Wildman–Crippen LogP) is 3.80. The summed E-state index contributed by atoms with van der Waals surface area (Å²) in [6, 6.07) is 13.2. The first-order chi connectivity index (χ1) is 13.1. The van der Waals surface area contributed by atoms with Crippen LogP contribution in [0.4, 0.5) is 25.4 Å². The SMILES string of the molecule is CCNC(=O)Nc1cccc(N2CCCN(Cc3ccccc3F)C2=O)c1. The number of urea groups is 2. The predicted molar refractivity (Wildman–Crippen MR) is 103 cm³/mol. The highest BCUT2D eigenvalue weighted by Gasteiger charge is 2.27. The van der Waals surface area contributed by atoms with Gasteiger partial charge in [-0.2, -0.15) is 0 Å². The largest absolute Gasteiger partial charge is 0.338 e. The van der Waals surface area contributed by atoms with E-state index < -0.39 is 0 Å². The van der Waals surface area contributed by atoms with Crippen LogP contribution in [-0.2, 0) is 6.54 Å². The number of nitrogens with zero attached hydrogens (tertiary/aromatic N) is 2. The molecule has 0 radical (unpaired) electrons. The average molecular weight is 370 g/mol. The van der Waals surface area contributed by atoms with Crippen molar-refractivity contribution in [1.29, 1.82) is 0 Å². The van der Waals surface area contributed by atoms with Crippen molar-refractivity contribution in [1.82, 2.24) is 10.2 Å². The second-order valence-corrected chi connectivity index (χ2v) is 6.34. The van der Waals surface area contributed by atoms with Crippen molar-refractivity contribution in [2.45, 2.75) is 19.9 Å². The molecular formula is C20H23FN4O2. The Morgan fingerprint density at radius 1 is 1.15 bits per heavy atom. The van der Waals surface area contributed by atoms with Crippen LogP contribution in [0.3, 0.4) is 0 Å². The standard InChI is InChI=1S/C20H23FN4O2/c1-2-22-19(26)23-16-8-5-9-17(13-16)25-12-6-11-24(20(25)27)14-15-7-3-4-10-18(15)21/h3-5,7-10,13H,2,6,11-12,14H2,1H3,(H2,22,23,26). The Hall–Kier alpha value is -3.09. The highest BCUT2D eigenvalue weighted by atomic mass is 19.1. The monoisotopic (exact) mass is 370 g/mol. The molecule has 2 aromatic carbocycles. The molecule has 0 atom stereocenters. The van der Waals surface area contributed by atoms with Crippen LogP contribution >= 0.6 is 0 Å². The van der Waals surface area contributed by atoms with E-state index in [9.17, 15) is 14.0 Å². The number of carbonyl (C=O) groups excluding carboxylic acids is 2. The molecule has 1 aliphatic heterocycles. The summed E-state index contributed by atoms with van der Waals surface area (Å²) in [6.45, 7) is 3.77. The summed E-state index contributed by atoms with van der Waals surface area (Å²) in [6.07, 6.45) is 0.786. The van der Waals surface area contributed by atoms with Gasteiger partial charge in [-0.15, -0.1) is 0 Å². The highest BCUT2D eigenvalue weighted by molar-refractivity contribution is 5.94. The summed E-state index contributed by atoms with van der Waals surface area (Å²) >= 11 is 0. The molecule has 142 valence electrons. The number of anilines is 2. The summed E-state index contributed by atoms with van der Waals surface area (Å²) in [5, 5.41) is 5.41. The molecular weight excluding hydrogens is 347 g/mol. The lowest BCUT2D eigenvalue weighted by Gasteiger charge is -2.36. The first kappa shape index (κ1) is 18.7. The van der Waals surface area contributed by atoms with Crippen molar-refractivity contribution in [3.63, 3.8) is 0 Å². The summed E-state index contributed by atoms with van der Waals surface area (Å²) in [7, 11) is 0. The lowest BCUT2D eigenvalue weighted by molar-refractivity contribution is 0.192. The van der Waals surface area contributed by atoms with Gasteiger partial charge in [-0.25, -0.2) is 14.0 Å². The Kier molecular flexibility index (Phi) is 5.90. The molecule has 4 amide bonds. The fourth-order valence-corrected chi connectivity index (χ4v) is 3.09. The molecule has 2 N–H and O–H groups in total. The van der Waals surface area contributed by atoms with Gasteiger partial charge < -0.3 is 15.5 Å². The minimum Gasteiger partial charge on any atom is -0.338 e. The van der Waals surface area contributed by atoms with E-state index >= 15 is 0 Å². The summed E-state index contributed by atoms with van der Waals surface area (Å²) in [5.41, 5.74) is 1.81. The number of nitrogens with one attached hydrogen (secondary N) is 2. The third kappa shape index (κ3) is 4.55. The van der Waals surface area contributed by atoms with Gasteiger partial charge in [0.05, 0.1) is 6.54 Å². The maximum absolute atomic E-state index is 13.9. The van der Waals surface area contributed by atoms with E-state index in [2.05, 4.69) is 10.6 Å². The Morgan fingerprint density at radius 3 is 2.74 bits per heavy atom. The number of benzene rings is 2. The van der Waals surface area contributed by atoms with Crippen molar-refractivity contribution in [3.05, 3.63) is 59.9 Å². The number of amides is 4.